The van der Waals surface area contributed by atoms with Crippen LogP contribution in [-0.2, 0) is 6.18 Å². The van der Waals surface area contributed by atoms with E-state index in [1.165, 1.54) is 12.1 Å². The van der Waals surface area contributed by atoms with Crippen LogP contribution in [0.1, 0.15) is 36.1 Å². The van der Waals surface area contributed by atoms with Crippen LogP contribution in [0.4, 0.5) is 13.2 Å². The molecular weight excluding hydrogens is 221 g/mol. The SMILES string of the molecule is CCCC([S])c1ccccc1C(F)(F)F. The third kappa shape index (κ3) is 3.16. The zero-order valence-electron chi connectivity index (χ0n) is 8.34. The van der Waals surface area contributed by atoms with Gasteiger partial charge >= 0.3 is 6.18 Å². The van der Waals surface area contributed by atoms with Gasteiger partial charge in [-0.15, -0.1) is 0 Å². The molecule has 0 amide bonds. The van der Waals surface area contributed by atoms with Crippen LogP contribution in [0, 0.1) is 0 Å². The first-order valence-electron chi connectivity index (χ1n) is 4.78. The molecule has 1 unspecified atom stereocenters. The Bertz CT molecular complexity index is 320. The lowest BCUT2D eigenvalue weighted by Gasteiger charge is -2.16. The van der Waals surface area contributed by atoms with Crippen molar-refractivity contribution in [3.8, 4) is 0 Å². The van der Waals surface area contributed by atoms with E-state index in [1.54, 1.807) is 6.07 Å². The molecule has 0 fully saturated rings. The molecule has 0 spiro atoms. The second-order valence-electron chi connectivity index (χ2n) is 3.36. The van der Waals surface area contributed by atoms with Crippen molar-refractivity contribution >= 4 is 12.6 Å². The maximum absolute atomic E-state index is 12.6. The van der Waals surface area contributed by atoms with E-state index in [9.17, 15) is 13.2 Å². The van der Waals surface area contributed by atoms with E-state index in [0.29, 0.717) is 6.42 Å². The van der Waals surface area contributed by atoms with E-state index in [1.807, 2.05) is 6.92 Å². The maximum Gasteiger partial charge on any atom is 0.416 e. The first-order valence-corrected chi connectivity index (χ1v) is 5.26. The van der Waals surface area contributed by atoms with E-state index in [2.05, 4.69) is 0 Å². The molecular formula is C11H12F3S. The van der Waals surface area contributed by atoms with Crippen molar-refractivity contribution in [1.82, 2.24) is 0 Å². The predicted octanol–water partition coefficient (Wildman–Crippen LogP) is 4.74. The molecule has 0 aliphatic heterocycles. The number of rotatable bonds is 3. The van der Waals surface area contributed by atoms with Crippen molar-refractivity contribution in [1.29, 1.82) is 0 Å². The average Bonchev–Trinajstić information content (AvgIpc) is 2.17. The highest BCUT2D eigenvalue weighted by Crippen LogP contribution is 2.37. The van der Waals surface area contributed by atoms with Crippen LogP contribution in [0.2, 0.25) is 0 Å². The maximum atomic E-state index is 12.6. The Morgan fingerprint density at radius 3 is 2.40 bits per heavy atom. The average molecular weight is 233 g/mol. The van der Waals surface area contributed by atoms with E-state index < -0.39 is 17.0 Å². The summed E-state index contributed by atoms with van der Waals surface area (Å²) in [6.07, 6.45) is -2.91. The van der Waals surface area contributed by atoms with Crippen LogP contribution < -0.4 is 0 Å². The van der Waals surface area contributed by atoms with Gasteiger partial charge in [0.2, 0.25) is 0 Å². The molecule has 0 saturated carbocycles. The van der Waals surface area contributed by atoms with E-state index in [-0.39, 0.29) is 5.56 Å². The lowest BCUT2D eigenvalue weighted by atomic mass is 10.0. The molecule has 15 heavy (non-hydrogen) atoms. The Labute approximate surface area is 92.9 Å². The van der Waals surface area contributed by atoms with Gasteiger partial charge in [0.15, 0.2) is 0 Å². The molecule has 1 atom stereocenters. The molecule has 1 rings (SSSR count). The minimum atomic E-state index is -4.30. The highest BCUT2D eigenvalue weighted by atomic mass is 32.1. The van der Waals surface area contributed by atoms with Crippen LogP contribution in [0.5, 0.6) is 0 Å². The standard InChI is InChI=1S/C11H12F3S/c1-2-5-10(15)8-6-3-4-7-9(8)11(12,13)14/h3-4,6-7,10H,2,5H2,1H3. The van der Waals surface area contributed by atoms with Gasteiger partial charge in [0, 0.05) is 5.25 Å². The topological polar surface area (TPSA) is 0 Å². The molecule has 1 aromatic rings. The Morgan fingerprint density at radius 2 is 1.87 bits per heavy atom. The highest BCUT2D eigenvalue weighted by molar-refractivity contribution is 7.80. The summed E-state index contributed by atoms with van der Waals surface area (Å²) in [7, 11) is 0. The van der Waals surface area contributed by atoms with Crippen molar-refractivity contribution in [3.05, 3.63) is 35.4 Å². The minimum Gasteiger partial charge on any atom is -0.166 e. The van der Waals surface area contributed by atoms with Crippen LogP contribution >= 0.6 is 12.6 Å². The fourth-order valence-electron chi connectivity index (χ4n) is 1.45. The molecule has 0 aromatic heterocycles. The van der Waals surface area contributed by atoms with Gasteiger partial charge in [-0.25, -0.2) is 0 Å². The van der Waals surface area contributed by atoms with E-state index in [4.69, 9.17) is 12.6 Å². The van der Waals surface area contributed by atoms with Gasteiger partial charge in [0.05, 0.1) is 5.56 Å². The number of halogens is 3. The van der Waals surface area contributed by atoms with Gasteiger partial charge in [-0.3, -0.25) is 0 Å². The summed E-state index contributed by atoms with van der Waals surface area (Å²) in [6, 6.07) is 5.54. The zero-order chi connectivity index (χ0) is 11.5. The number of alkyl halides is 3. The van der Waals surface area contributed by atoms with E-state index in [0.717, 1.165) is 12.5 Å². The normalized spacial score (nSPS) is 13.9. The summed E-state index contributed by atoms with van der Waals surface area (Å²) >= 11 is 5.06. The number of hydrogen-bond acceptors (Lipinski definition) is 0. The van der Waals surface area contributed by atoms with Crippen molar-refractivity contribution in [2.45, 2.75) is 31.2 Å². The largest absolute Gasteiger partial charge is 0.416 e. The van der Waals surface area contributed by atoms with Gasteiger partial charge in [0.1, 0.15) is 0 Å². The summed E-state index contributed by atoms with van der Waals surface area (Å²) in [5, 5.41) is -0.451. The summed E-state index contributed by atoms with van der Waals surface area (Å²) < 4.78 is 37.8. The Balaban J connectivity index is 3.06. The summed E-state index contributed by atoms with van der Waals surface area (Å²) in [5.41, 5.74) is -0.375. The summed E-state index contributed by atoms with van der Waals surface area (Å²) in [5.74, 6) is 0. The monoisotopic (exact) mass is 233 g/mol. The Kier molecular flexibility index (Phi) is 4.08. The van der Waals surface area contributed by atoms with Crippen LogP contribution in [0.3, 0.4) is 0 Å². The second kappa shape index (κ2) is 4.92. The first-order chi connectivity index (χ1) is 6.96. The van der Waals surface area contributed by atoms with Gasteiger partial charge in [-0.1, -0.05) is 44.2 Å². The molecule has 0 aliphatic rings. The molecule has 0 N–H and O–H groups in total. The van der Waals surface area contributed by atoms with Crippen molar-refractivity contribution in [2.75, 3.05) is 0 Å². The van der Waals surface area contributed by atoms with Gasteiger partial charge in [-0.05, 0) is 18.1 Å². The van der Waals surface area contributed by atoms with Crippen molar-refractivity contribution < 1.29 is 13.2 Å². The smallest absolute Gasteiger partial charge is 0.166 e. The molecule has 0 heterocycles. The summed E-state index contributed by atoms with van der Waals surface area (Å²) in [4.78, 5) is 0. The molecule has 0 saturated heterocycles. The molecule has 1 aromatic carbocycles. The van der Waals surface area contributed by atoms with Gasteiger partial charge < -0.3 is 0 Å². The fraction of sp³-hybridized carbons (Fsp3) is 0.455. The Hall–Kier alpha value is -0.640. The highest BCUT2D eigenvalue weighted by Gasteiger charge is 2.34. The fourth-order valence-corrected chi connectivity index (χ4v) is 1.89. The van der Waals surface area contributed by atoms with Gasteiger partial charge in [0.25, 0.3) is 0 Å². The molecule has 0 bridgehead atoms. The second-order valence-corrected chi connectivity index (χ2v) is 3.93. The molecule has 0 aliphatic carbocycles. The predicted molar refractivity (Wildman–Crippen MR) is 56.7 cm³/mol. The quantitative estimate of drug-likeness (QED) is 0.707. The van der Waals surface area contributed by atoms with Crippen molar-refractivity contribution in [3.63, 3.8) is 0 Å². The third-order valence-corrected chi connectivity index (χ3v) is 2.65. The number of benzene rings is 1. The summed E-state index contributed by atoms with van der Waals surface area (Å²) in [6.45, 7) is 1.91. The molecule has 83 valence electrons. The van der Waals surface area contributed by atoms with Crippen molar-refractivity contribution in [2.24, 2.45) is 0 Å². The third-order valence-electron chi connectivity index (χ3n) is 2.16. The zero-order valence-corrected chi connectivity index (χ0v) is 9.16. The van der Waals surface area contributed by atoms with Gasteiger partial charge in [-0.2, -0.15) is 13.2 Å². The lowest BCUT2D eigenvalue weighted by Crippen LogP contribution is -2.10. The van der Waals surface area contributed by atoms with Crippen LogP contribution in [-0.4, -0.2) is 0 Å². The number of hydrogen-bond donors (Lipinski definition) is 0. The van der Waals surface area contributed by atoms with Crippen LogP contribution in [0.15, 0.2) is 24.3 Å². The molecule has 4 heteroatoms. The van der Waals surface area contributed by atoms with Crippen LogP contribution in [0.25, 0.3) is 0 Å². The molecule has 0 nitrogen and oxygen atoms in total. The Morgan fingerprint density at radius 1 is 1.27 bits per heavy atom. The minimum absolute atomic E-state index is 0.224. The molecule has 1 radical (unpaired) electrons. The lowest BCUT2D eigenvalue weighted by molar-refractivity contribution is -0.138. The van der Waals surface area contributed by atoms with E-state index >= 15 is 0 Å². The first kappa shape index (κ1) is 12.4.